The number of amides is 1. The fraction of sp³-hybridized carbons (Fsp3) is 0.529. The van der Waals surface area contributed by atoms with E-state index in [9.17, 15) is 13.2 Å². The molecule has 2 aliphatic rings. The van der Waals surface area contributed by atoms with Crippen molar-refractivity contribution in [2.24, 2.45) is 10.9 Å². The van der Waals surface area contributed by atoms with E-state index in [4.69, 9.17) is 0 Å². The van der Waals surface area contributed by atoms with Gasteiger partial charge in [-0.15, -0.1) is 0 Å². The first-order valence-electron chi connectivity index (χ1n) is 8.16. The van der Waals surface area contributed by atoms with E-state index in [1.54, 1.807) is 0 Å². The lowest BCUT2D eigenvalue weighted by molar-refractivity contribution is -0.121. The molecule has 0 spiro atoms. The molecule has 2 aliphatic heterocycles. The lowest BCUT2D eigenvalue weighted by Crippen LogP contribution is -2.37. The van der Waals surface area contributed by atoms with Crippen molar-refractivity contribution < 1.29 is 13.2 Å². The molecule has 24 heavy (non-hydrogen) atoms. The van der Waals surface area contributed by atoms with Gasteiger partial charge in [0, 0.05) is 16.9 Å². The van der Waals surface area contributed by atoms with Crippen LogP contribution in [0, 0.1) is 12.8 Å². The minimum atomic E-state index is -3.03. The molecule has 0 aromatic heterocycles. The third-order valence-corrected chi connectivity index (χ3v) is 7.80. The fourth-order valence-electron chi connectivity index (χ4n) is 3.02. The molecule has 5 nitrogen and oxygen atoms in total. The maximum atomic E-state index is 12.3. The van der Waals surface area contributed by atoms with E-state index in [0.717, 1.165) is 17.7 Å². The highest BCUT2D eigenvalue weighted by Crippen LogP contribution is 2.41. The van der Waals surface area contributed by atoms with Gasteiger partial charge in [0.05, 0.1) is 17.5 Å². The van der Waals surface area contributed by atoms with Gasteiger partial charge >= 0.3 is 0 Å². The maximum absolute atomic E-state index is 12.3. The number of fused-ring (bicyclic) bond motifs is 1. The monoisotopic (exact) mass is 366 g/mol. The molecule has 1 amide bonds. The molecule has 0 saturated carbocycles. The van der Waals surface area contributed by atoms with E-state index in [2.05, 4.69) is 4.99 Å². The van der Waals surface area contributed by atoms with Gasteiger partial charge < -0.3 is 4.90 Å². The molecule has 0 bridgehead atoms. The van der Waals surface area contributed by atoms with Crippen LogP contribution in [0.5, 0.6) is 0 Å². The molecule has 7 heteroatoms. The SMILES string of the molecule is CC[C@H](C)C(=O)N=C1S[C@@H]2CS(=O)(=O)C[C@@H]2N1c1cccc(C)c1. The van der Waals surface area contributed by atoms with Crippen LogP contribution in [0.1, 0.15) is 25.8 Å². The highest BCUT2D eigenvalue weighted by atomic mass is 32.2. The van der Waals surface area contributed by atoms with Crippen LogP contribution >= 0.6 is 11.8 Å². The van der Waals surface area contributed by atoms with Crippen molar-refractivity contribution in [1.82, 2.24) is 0 Å². The van der Waals surface area contributed by atoms with Crippen molar-refractivity contribution >= 4 is 38.4 Å². The number of carbonyl (C=O) groups excluding carboxylic acids is 1. The van der Waals surface area contributed by atoms with Gasteiger partial charge in [-0.3, -0.25) is 4.79 Å². The molecule has 0 radical (unpaired) electrons. The highest BCUT2D eigenvalue weighted by molar-refractivity contribution is 8.16. The Kier molecular flexibility index (Phi) is 4.75. The molecule has 2 saturated heterocycles. The van der Waals surface area contributed by atoms with Gasteiger partial charge in [0.2, 0.25) is 0 Å². The second-order valence-electron chi connectivity index (χ2n) is 6.55. The van der Waals surface area contributed by atoms with E-state index >= 15 is 0 Å². The molecule has 0 N–H and O–H groups in total. The summed E-state index contributed by atoms with van der Waals surface area (Å²) < 4.78 is 24.0. The van der Waals surface area contributed by atoms with Gasteiger partial charge in [-0.25, -0.2) is 8.42 Å². The molecule has 2 fully saturated rings. The number of sulfone groups is 1. The maximum Gasteiger partial charge on any atom is 0.250 e. The number of anilines is 1. The zero-order valence-corrected chi connectivity index (χ0v) is 15.7. The van der Waals surface area contributed by atoms with Gasteiger partial charge in [0.25, 0.3) is 5.91 Å². The van der Waals surface area contributed by atoms with E-state index in [1.165, 1.54) is 11.8 Å². The molecular weight excluding hydrogens is 344 g/mol. The third kappa shape index (κ3) is 3.37. The molecule has 1 aromatic rings. The Hall–Kier alpha value is -1.34. The Morgan fingerprint density at radius 1 is 1.42 bits per heavy atom. The Bertz CT molecular complexity index is 789. The zero-order chi connectivity index (χ0) is 17.5. The Balaban J connectivity index is 2.00. The second kappa shape index (κ2) is 6.52. The molecule has 3 atom stereocenters. The van der Waals surface area contributed by atoms with E-state index in [-0.39, 0.29) is 34.6 Å². The van der Waals surface area contributed by atoms with Crippen LogP contribution in [0.15, 0.2) is 29.3 Å². The summed E-state index contributed by atoms with van der Waals surface area (Å²) in [5, 5.41) is 0.579. The number of aliphatic imine (C=N–C) groups is 1. The molecule has 3 rings (SSSR count). The Morgan fingerprint density at radius 3 is 2.83 bits per heavy atom. The fourth-order valence-corrected chi connectivity index (χ4v) is 6.94. The van der Waals surface area contributed by atoms with Crippen molar-refractivity contribution in [3.05, 3.63) is 29.8 Å². The molecule has 0 aliphatic carbocycles. The van der Waals surface area contributed by atoms with Gasteiger partial charge in [0.1, 0.15) is 0 Å². The predicted molar refractivity (Wildman–Crippen MR) is 99.4 cm³/mol. The zero-order valence-electron chi connectivity index (χ0n) is 14.1. The lowest BCUT2D eigenvalue weighted by Gasteiger charge is -2.25. The first-order chi connectivity index (χ1) is 11.3. The second-order valence-corrected chi connectivity index (χ2v) is 9.91. The number of hydrogen-bond acceptors (Lipinski definition) is 4. The average molecular weight is 367 g/mol. The molecule has 130 valence electrons. The van der Waals surface area contributed by atoms with Crippen molar-refractivity contribution in [1.29, 1.82) is 0 Å². The largest absolute Gasteiger partial charge is 0.316 e. The first kappa shape index (κ1) is 17.5. The molecule has 1 aromatic carbocycles. The van der Waals surface area contributed by atoms with Crippen LogP contribution < -0.4 is 4.90 Å². The van der Waals surface area contributed by atoms with E-state index < -0.39 is 9.84 Å². The van der Waals surface area contributed by atoms with Crippen molar-refractivity contribution in [2.45, 2.75) is 38.5 Å². The van der Waals surface area contributed by atoms with E-state index in [0.29, 0.717) is 5.17 Å². The summed E-state index contributed by atoms with van der Waals surface area (Å²) in [5.41, 5.74) is 2.00. The summed E-state index contributed by atoms with van der Waals surface area (Å²) in [6, 6.07) is 7.75. The number of carbonyl (C=O) groups is 1. The van der Waals surface area contributed by atoms with E-state index in [1.807, 2.05) is 49.9 Å². The number of benzene rings is 1. The third-order valence-electron chi connectivity index (χ3n) is 4.59. The first-order valence-corrected chi connectivity index (χ1v) is 10.9. The topological polar surface area (TPSA) is 66.8 Å². The number of thioether (sulfide) groups is 1. The quantitative estimate of drug-likeness (QED) is 0.823. The summed E-state index contributed by atoms with van der Waals surface area (Å²) in [4.78, 5) is 18.6. The van der Waals surface area contributed by atoms with Crippen molar-refractivity contribution in [3.63, 3.8) is 0 Å². The summed E-state index contributed by atoms with van der Waals surface area (Å²) in [7, 11) is -3.03. The predicted octanol–water partition coefficient (Wildman–Crippen LogP) is 2.64. The number of amidine groups is 1. The molecule has 0 unspecified atom stereocenters. The van der Waals surface area contributed by atoms with Crippen LogP contribution in [0.25, 0.3) is 0 Å². The van der Waals surface area contributed by atoms with Crippen LogP contribution in [0.3, 0.4) is 0 Å². The van der Waals surface area contributed by atoms with Crippen LogP contribution in [-0.4, -0.2) is 42.3 Å². The standard InChI is InChI=1S/C17H22N2O3S2/c1-4-12(3)16(20)18-17-19(13-7-5-6-11(2)8-13)14-9-24(21,22)10-15(14)23-17/h5-8,12,14-15H,4,9-10H2,1-3H3/t12-,14-,15+/m0/s1. The number of nitrogens with zero attached hydrogens (tertiary/aromatic N) is 2. The minimum Gasteiger partial charge on any atom is -0.316 e. The van der Waals surface area contributed by atoms with Crippen LogP contribution in [-0.2, 0) is 14.6 Å². The molecular formula is C17H22N2O3S2. The molecule has 2 heterocycles. The summed E-state index contributed by atoms with van der Waals surface area (Å²) in [5.74, 6) is 0.0122. The summed E-state index contributed by atoms with van der Waals surface area (Å²) >= 11 is 1.42. The van der Waals surface area contributed by atoms with Gasteiger partial charge in [-0.2, -0.15) is 4.99 Å². The number of hydrogen-bond donors (Lipinski definition) is 0. The average Bonchev–Trinajstić information content (AvgIpc) is 2.97. The van der Waals surface area contributed by atoms with Crippen molar-refractivity contribution in [2.75, 3.05) is 16.4 Å². The highest BCUT2D eigenvalue weighted by Gasteiger charge is 2.49. The number of rotatable bonds is 3. The smallest absolute Gasteiger partial charge is 0.250 e. The van der Waals surface area contributed by atoms with Crippen LogP contribution in [0.4, 0.5) is 5.69 Å². The van der Waals surface area contributed by atoms with Crippen molar-refractivity contribution in [3.8, 4) is 0 Å². The van der Waals surface area contributed by atoms with Gasteiger partial charge in [-0.05, 0) is 31.0 Å². The number of aryl methyl sites for hydroxylation is 1. The van der Waals surface area contributed by atoms with Crippen LogP contribution in [0.2, 0.25) is 0 Å². The van der Waals surface area contributed by atoms with Gasteiger partial charge in [0.15, 0.2) is 15.0 Å². The lowest BCUT2D eigenvalue weighted by atomic mass is 10.1. The Labute approximate surface area is 147 Å². The normalized spacial score (nSPS) is 28.1. The Morgan fingerprint density at radius 2 is 2.17 bits per heavy atom. The van der Waals surface area contributed by atoms with Gasteiger partial charge in [-0.1, -0.05) is 37.7 Å². The summed E-state index contributed by atoms with van der Waals surface area (Å²) in [6.45, 7) is 5.83. The summed E-state index contributed by atoms with van der Waals surface area (Å²) in [6.07, 6.45) is 0.742. The minimum absolute atomic E-state index is 0.0565.